The Morgan fingerprint density at radius 2 is 2.08 bits per heavy atom. The smallest absolute Gasteiger partial charge is 0.142 e. The van der Waals surface area contributed by atoms with Crippen LogP contribution in [-0.4, -0.2) is 54.4 Å². The summed E-state index contributed by atoms with van der Waals surface area (Å²) in [6.45, 7) is 7.11. The molecule has 3 aromatic rings. The van der Waals surface area contributed by atoms with E-state index in [0.29, 0.717) is 0 Å². The Morgan fingerprint density at radius 1 is 1.25 bits per heavy atom. The zero-order valence-electron chi connectivity index (χ0n) is 13.7. The molecule has 3 aromatic heterocycles. The van der Waals surface area contributed by atoms with E-state index in [0.717, 1.165) is 49.2 Å². The van der Waals surface area contributed by atoms with E-state index in [1.807, 2.05) is 6.92 Å². The highest BCUT2D eigenvalue weighted by Gasteiger charge is 2.24. The first-order valence-electron chi connectivity index (χ1n) is 8.25. The zero-order chi connectivity index (χ0) is 16.5. The van der Waals surface area contributed by atoms with Gasteiger partial charge in [-0.05, 0) is 18.4 Å². The van der Waals surface area contributed by atoms with Crippen molar-refractivity contribution >= 4 is 38.7 Å². The molecule has 0 radical (unpaired) electrons. The Bertz CT molecular complexity index is 823. The van der Waals surface area contributed by atoms with Gasteiger partial charge in [-0.25, -0.2) is 9.97 Å². The molecular weight excluding hydrogens is 340 g/mol. The molecule has 0 amide bonds. The number of fused-ring (bicyclic) bond motifs is 1. The van der Waals surface area contributed by atoms with Crippen LogP contribution in [0.4, 0.5) is 5.82 Å². The van der Waals surface area contributed by atoms with Gasteiger partial charge in [-0.3, -0.25) is 0 Å². The number of aliphatic hydroxyl groups excluding tert-OH is 1. The molecule has 1 aliphatic heterocycles. The Labute approximate surface area is 149 Å². The summed E-state index contributed by atoms with van der Waals surface area (Å²) in [6.07, 6.45) is 0. The SMILES string of the molecule is Cc1nc(N2CC[NH+](CCO)CC2)c2c(-c3cccs3)csc2n1. The maximum Gasteiger partial charge on any atom is 0.142 e. The summed E-state index contributed by atoms with van der Waals surface area (Å²) >= 11 is 3.47. The summed E-state index contributed by atoms with van der Waals surface area (Å²) in [6, 6.07) is 4.26. The normalized spacial score (nSPS) is 16.2. The first-order valence-corrected chi connectivity index (χ1v) is 10.0. The highest BCUT2D eigenvalue weighted by molar-refractivity contribution is 7.18. The number of aromatic nitrogens is 2. The number of aryl methyl sites for hydroxylation is 1. The van der Waals surface area contributed by atoms with Crippen LogP contribution in [-0.2, 0) is 0 Å². The van der Waals surface area contributed by atoms with Crippen LogP contribution in [0.25, 0.3) is 20.7 Å². The fraction of sp³-hybridized carbons (Fsp3) is 0.412. The molecule has 0 aliphatic carbocycles. The van der Waals surface area contributed by atoms with Crippen LogP contribution in [0.2, 0.25) is 0 Å². The molecule has 5 nitrogen and oxygen atoms in total. The Hall–Kier alpha value is -1.54. The molecule has 0 bridgehead atoms. The molecule has 0 spiro atoms. The number of hydrogen-bond acceptors (Lipinski definition) is 6. The molecule has 1 saturated heterocycles. The lowest BCUT2D eigenvalue weighted by Crippen LogP contribution is -3.15. The van der Waals surface area contributed by atoms with Gasteiger partial charge in [0.15, 0.2) is 0 Å². The fourth-order valence-corrected chi connectivity index (χ4v) is 5.11. The van der Waals surface area contributed by atoms with Crippen molar-refractivity contribution in [3.8, 4) is 10.4 Å². The molecule has 7 heteroatoms. The average molecular weight is 362 g/mol. The third-order valence-corrected chi connectivity index (χ3v) is 6.32. The highest BCUT2D eigenvalue weighted by atomic mass is 32.1. The Morgan fingerprint density at radius 3 is 2.79 bits per heavy atom. The number of hydrogen-bond donors (Lipinski definition) is 2. The molecule has 2 N–H and O–H groups in total. The van der Waals surface area contributed by atoms with E-state index in [1.165, 1.54) is 20.7 Å². The second-order valence-electron chi connectivity index (χ2n) is 6.11. The predicted octanol–water partition coefficient (Wildman–Crippen LogP) is 1.43. The summed E-state index contributed by atoms with van der Waals surface area (Å²) in [5, 5.41) is 14.7. The molecule has 0 aromatic carbocycles. The van der Waals surface area contributed by atoms with Crippen molar-refractivity contribution in [2.45, 2.75) is 6.92 Å². The molecule has 0 atom stereocenters. The topological polar surface area (TPSA) is 53.7 Å². The van der Waals surface area contributed by atoms with Crippen LogP contribution >= 0.6 is 22.7 Å². The number of nitrogens with zero attached hydrogens (tertiary/aromatic N) is 3. The summed E-state index contributed by atoms with van der Waals surface area (Å²) < 4.78 is 0. The molecule has 0 unspecified atom stereocenters. The number of nitrogens with one attached hydrogen (secondary N) is 1. The lowest BCUT2D eigenvalue weighted by Gasteiger charge is -2.33. The maximum atomic E-state index is 9.14. The molecule has 126 valence electrons. The van der Waals surface area contributed by atoms with Crippen LogP contribution in [0.5, 0.6) is 0 Å². The predicted molar refractivity (Wildman–Crippen MR) is 100 cm³/mol. The van der Waals surface area contributed by atoms with Crippen molar-refractivity contribution < 1.29 is 10.0 Å². The van der Waals surface area contributed by atoms with Gasteiger partial charge >= 0.3 is 0 Å². The van der Waals surface area contributed by atoms with Crippen molar-refractivity contribution in [2.24, 2.45) is 0 Å². The summed E-state index contributed by atoms with van der Waals surface area (Å²) in [5.74, 6) is 1.91. The summed E-state index contributed by atoms with van der Waals surface area (Å²) in [5.41, 5.74) is 1.25. The van der Waals surface area contributed by atoms with E-state index in [4.69, 9.17) is 10.1 Å². The second kappa shape index (κ2) is 6.76. The number of piperazine rings is 1. The molecule has 1 aliphatic rings. The van der Waals surface area contributed by atoms with E-state index in [1.54, 1.807) is 22.7 Å². The van der Waals surface area contributed by atoms with Gasteiger partial charge in [-0.15, -0.1) is 22.7 Å². The van der Waals surface area contributed by atoms with Crippen LogP contribution in [0.15, 0.2) is 22.9 Å². The number of quaternary nitrogens is 1. The minimum Gasteiger partial charge on any atom is -0.391 e. The van der Waals surface area contributed by atoms with E-state index in [-0.39, 0.29) is 6.61 Å². The Balaban J connectivity index is 1.73. The van der Waals surface area contributed by atoms with Crippen molar-refractivity contribution in [3.05, 3.63) is 28.7 Å². The van der Waals surface area contributed by atoms with Crippen LogP contribution in [0.3, 0.4) is 0 Å². The van der Waals surface area contributed by atoms with Crippen molar-refractivity contribution in [3.63, 3.8) is 0 Å². The standard InChI is InChI=1S/C17H20N4OS2/c1-12-18-16(21-6-4-20(5-7-21)8-9-22)15-13(11-24-17(15)19-12)14-3-2-10-23-14/h2-3,10-11,22H,4-9H2,1H3/p+1. The van der Waals surface area contributed by atoms with E-state index in [9.17, 15) is 0 Å². The zero-order valence-corrected chi connectivity index (χ0v) is 15.3. The van der Waals surface area contributed by atoms with Gasteiger partial charge in [0, 0.05) is 15.8 Å². The average Bonchev–Trinajstić information content (AvgIpc) is 3.24. The molecule has 0 saturated carbocycles. The number of thiophene rings is 2. The van der Waals surface area contributed by atoms with Gasteiger partial charge in [-0.1, -0.05) is 6.07 Å². The van der Waals surface area contributed by atoms with Crippen molar-refractivity contribution in [1.29, 1.82) is 0 Å². The second-order valence-corrected chi connectivity index (χ2v) is 7.92. The lowest BCUT2D eigenvalue weighted by molar-refractivity contribution is -0.900. The highest BCUT2D eigenvalue weighted by Crippen LogP contribution is 2.39. The van der Waals surface area contributed by atoms with Crippen molar-refractivity contribution in [2.75, 3.05) is 44.2 Å². The van der Waals surface area contributed by atoms with Crippen LogP contribution < -0.4 is 9.80 Å². The number of rotatable bonds is 4. The quantitative estimate of drug-likeness (QED) is 0.738. The molecule has 4 heterocycles. The van der Waals surface area contributed by atoms with Crippen LogP contribution in [0, 0.1) is 6.92 Å². The third kappa shape index (κ3) is 2.93. The molecule has 1 fully saturated rings. The van der Waals surface area contributed by atoms with Crippen LogP contribution in [0.1, 0.15) is 5.82 Å². The first-order chi connectivity index (χ1) is 11.8. The molecule has 24 heavy (non-hydrogen) atoms. The minimum absolute atomic E-state index is 0.263. The van der Waals surface area contributed by atoms with E-state index in [2.05, 4.69) is 32.8 Å². The van der Waals surface area contributed by atoms with Gasteiger partial charge in [0.05, 0.1) is 38.2 Å². The van der Waals surface area contributed by atoms with Gasteiger partial charge in [0.25, 0.3) is 0 Å². The number of aliphatic hydroxyl groups is 1. The minimum atomic E-state index is 0.263. The maximum absolute atomic E-state index is 9.14. The monoisotopic (exact) mass is 361 g/mol. The van der Waals surface area contributed by atoms with Gasteiger partial charge in [0.1, 0.15) is 23.0 Å². The largest absolute Gasteiger partial charge is 0.391 e. The first kappa shape index (κ1) is 16.0. The third-order valence-electron chi connectivity index (χ3n) is 4.55. The van der Waals surface area contributed by atoms with E-state index >= 15 is 0 Å². The fourth-order valence-electron chi connectivity index (χ4n) is 3.31. The van der Waals surface area contributed by atoms with Gasteiger partial charge in [-0.2, -0.15) is 0 Å². The van der Waals surface area contributed by atoms with Gasteiger partial charge < -0.3 is 14.9 Å². The summed E-state index contributed by atoms with van der Waals surface area (Å²) in [4.78, 5) is 15.7. The number of anilines is 1. The van der Waals surface area contributed by atoms with E-state index < -0.39 is 0 Å². The lowest BCUT2D eigenvalue weighted by atomic mass is 10.1. The van der Waals surface area contributed by atoms with Gasteiger partial charge in [0.2, 0.25) is 0 Å². The Kier molecular flexibility index (Phi) is 4.49. The molecule has 4 rings (SSSR count). The summed E-state index contributed by atoms with van der Waals surface area (Å²) in [7, 11) is 0. The molecular formula is C17H21N4OS2+. The van der Waals surface area contributed by atoms with Crippen molar-refractivity contribution in [1.82, 2.24) is 9.97 Å².